The van der Waals surface area contributed by atoms with Gasteiger partial charge in [-0.25, -0.2) is 0 Å². The molecule has 0 aromatic heterocycles. The number of hydrogen-bond donors (Lipinski definition) is 2. The summed E-state index contributed by atoms with van der Waals surface area (Å²) in [4.78, 5) is 12.3. The number of rotatable bonds is 5. The molecule has 0 saturated carbocycles. The third-order valence-corrected chi connectivity index (χ3v) is 2.74. The van der Waals surface area contributed by atoms with Gasteiger partial charge in [-0.05, 0) is 38.1 Å². The Hall–Kier alpha value is -2.33. The van der Waals surface area contributed by atoms with Crippen molar-refractivity contribution in [2.45, 2.75) is 19.4 Å². The Labute approximate surface area is 124 Å². The highest BCUT2D eigenvalue weighted by Gasteiger charge is 2.17. The van der Waals surface area contributed by atoms with Crippen LogP contribution >= 0.6 is 0 Å². The maximum Gasteiger partial charge on any atom is 0.259 e. The van der Waals surface area contributed by atoms with E-state index in [0.717, 1.165) is 5.69 Å². The van der Waals surface area contributed by atoms with E-state index in [9.17, 15) is 9.90 Å². The monoisotopic (exact) mass is 285 g/mol. The summed E-state index contributed by atoms with van der Waals surface area (Å²) in [5.74, 6) is 0.209. The van der Waals surface area contributed by atoms with Crippen LogP contribution in [0.25, 0.3) is 0 Å². The van der Waals surface area contributed by atoms with Crippen molar-refractivity contribution in [2.24, 2.45) is 0 Å². The third kappa shape index (κ3) is 4.61. The number of aliphatic hydroxyl groups is 1. The molecule has 110 valence electrons. The molecule has 0 heterocycles. The lowest BCUT2D eigenvalue weighted by atomic mass is 10.1. The fourth-order valence-electron chi connectivity index (χ4n) is 1.75. The zero-order chi connectivity index (χ0) is 15.3. The summed E-state index contributed by atoms with van der Waals surface area (Å²) in [6.07, 6.45) is 0. The van der Waals surface area contributed by atoms with Gasteiger partial charge in [-0.2, -0.15) is 0 Å². The fourth-order valence-corrected chi connectivity index (χ4v) is 1.75. The van der Waals surface area contributed by atoms with Gasteiger partial charge in [-0.3, -0.25) is 4.79 Å². The summed E-state index contributed by atoms with van der Waals surface area (Å²) in [6, 6.07) is 16.2. The predicted octanol–water partition coefficient (Wildman–Crippen LogP) is 3.09. The van der Waals surface area contributed by atoms with Crippen LogP contribution in [0.15, 0.2) is 54.6 Å². The topological polar surface area (TPSA) is 58.6 Å². The molecule has 0 atom stereocenters. The van der Waals surface area contributed by atoms with Crippen LogP contribution < -0.4 is 10.1 Å². The molecule has 4 nitrogen and oxygen atoms in total. The molecule has 0 radical (unpaired) electrons. The van der Waals surface area contributed by atoms with Crippen LogP contribution in [0.1, 0.15) is 24.2 Å². The van der Waals surface area contributed by atoms with E-state index in [1.165, 1.54) is 0 Å². The highest BCUT2D eigenvalue weighted by molar-refractivity contribution is 6.06. The van der Waals surface area contributed by atoms with Crippen LogP contribution in [0.2, 0.25) is 0 Å². The Bertz CT molecular complexity index is 603. The van der Waals surface area contributed by atoms with Crippen LogP contribution in [0, 0.1) is 0 Å². The van der Waals surface area contributed by atoms with Crippen molar-refractivity contribution in [2.75, 3.05) is 11.9 Å². The minimum Gasteiger partial charge on any atom is -0.490 e. The summed E-state index contributed by atoms with van der Waals surface area (Å²) in [6.45, 7) is 3.42. The molecule has 0 aliphatic rings. The van der Waals surface area contributed by atoms with E-state index in [1.807, 2.05) is 30.3 Å². The Kier molecular flexibility index (Phi) is 4.60. The molecule has 21 heavy (non-hydrogen) atoms. The molecule has 0 saturated heterocycles. The quantitative estimate of drug-likeness (QED) is 0.887. The number of carbonyl (C=O) groups excluding carboxylic acids is 1. The Morgan fingerprint density at radius 1 is 1.10 bits per heavy atom. The first kappa shape index (κ1) is 15.1. The van der Waals surface area contributed by atoms with E-state index in [2.05, 4.69) is 5.32 Å². The predicted molar refractivity (Wildman–Crippen MR) is 82.6 cm³/mol. The highest BCUT2D eigenvalue weighted by Crippen LogP contribution is 2.21. The molecule has 0 bridgehead atoms. The van der Waals surface area contributed by atoms with E-state index in [0.29, 0.717) is 11.3 Å². The normalized spacial score (nSPS) is 11.0. The van der Waals surface area contributed by atoms with E-state index < -0.39 is 5.60 Å². The molecular weight excluding hydrogens is 266 g/mol. The number of carbonyl (C=O) groups is 1. The Morgan fingerprint density at radius 2 is 1.71 bits per heavy atom. The largest absolute Gasteiger partial charge is 0.490 e. The van der Waals surface area contributed by atoms with Gasteiger partial charge < -0.3 is 15.2 Å². The van der Waals surface area contributed by atoms with Crippen molar-refractivity contribution in [1.29, 1.82) is 0 Å². The first-order valence-electron chi connectivity index (χ1n) is 6.76. The smallest absolute Gasteiger partial charge is 0.259 e. The Morgan fingerprint density at radius 3 is 2.38 bits per heavy atom. The molecule has 2 aromatic carbocycles. The minimum absolute atomic E-state index is 0.114. The van der Waals surface area contributed by atoms with Crippen molar-refractivity contribution in [3.63, 3.8) is 0 Å². The Balaban J connectivity index is 2.14. The SMILES string of the molecule is CC(C)(O)COc1ccccc1C(=O)Nc1ccccc1. The molecule has 2 N–H and O–H groups in total. The average Bonchev–Trinajstić information content (AvgIpc) is 2.46. The molecule has 0 spiro atoms. The molecule has 2 rings (SSSR count). The zero-order valence-electron chi connectivity index (χ0n) is 12.2. The molecule has 4 heteroatoms. The summed E-state index contributed by atoms with van der Waals surface area (Å²) in [5, 5.41) is 12.5. The van der Waals surface area contributed by atoms with Crippen molar-refractivity contribution in [3.8, 4) is 5.75 Å². The third-order valence-electron chi connectivity index (χ3n) is 2.74. The van der Waals surface area contributed by atoms with Crippen LogP contribution in [0.3, 0.4) is 0 Å². The molecular formula is C17H19NO3. The number of hydrogen-bond acceptors (Lipinski definition) is 3. The lowest BCUT2D eigenvalue weighted by Crippen LogP contribution is -2.28. The van der Waals surface area contributed by atoms with Gasteiger partial charge in [0, 0.05) is 5.69 Å². The fraction of sp³-hybridized carbons (Fsp3) is 0.235. The van der Waals surface area contributed by atoms with Gasteiger partial charge in [-0.15, -0.1) is 0 Å². The molecule has 1 amide bonds. The maximum absolute atomic E-state index is 12.3. The van der Waals surface area contributed by atoms with Crippen LogP contribution in [0.5, 0.6) is 5.75 Å². The number of nitrogens with one attached hydrogen (secondary N) is 1. The summed E-state index contributed by atoms with van der Waals surface area (Å²) >= 11 is 0. The van der Waals surface area contributed by atoms with Crippen LogP contribution in [-0.2, 0) is 0 Å². The second-order valence-electron chi connectivity index (χ2n) is 5.42. The summed E-state index contributed by atoms with van der Waals surface area (Å²) in [7, 11) is 0. The maximum atomic E-state index is 12.3. The second-order valence-corrected chi connectivity index (χ2v) is 5.42. The lowest BCUT2D eigenvalue weighted by molar-refractivity contribution is 0.0281. The van der Waals surface area contributed by atoms with E-state index in [4.69, 9.17) is 4.74 Å². The van der Waals surface area contributed by atoms with Gasteiger partial charge in [0.25, 0.3) is 5.91 Å². The zero-order valence-corrected chi connectivity index (χ0v) is 12.2. The molecule has 0 fully saturated rings. The average molecular weight is 285 g/mol. The van der Waals surface area contributed by atoms with Crippen molar-refractivity contribution in [1.82, 2.24) is 0 Å². The van der Waals surface area contributed by atoms with Crippen molar-refractivity contribution in [3.05, 3.63) is 60.2 Å². The molecule has 2 aromatic rings. The van der Waals surface area contributed by atoms with Gasteiger partial charge >= 0.3 is 0 Å². The standard InChI is InChI=1S/C17H19NO3/c1-17(2,20)12-21-15-11-7-6-10-14(15)16(19)18-13-8-4-3-5-9-13/h3-11,20H,12H2,1-2H3,(H,18,19). The highest BCUT2D eigenvalue weighted by atomic mass is 16.5. The number of amides is 1. The number of ether oxygens (including phenoxy) is 1. The number of benzene rings is 2. The van der Waals surface area contributed by atoms with Gasteiger partial charge in [0.1, 0.15) is 12.4 Å². The lowest BCUT2D eigenvalue weighted by Gasteiger charge is -2.19. The van der Waals surface area contributed by atoms with E-state index in [1.54, 1.807) is 38.1 Å². The van der Waals surface area contributed by atoms with Crippen LogP contribution in [0.4, 0.5) is 5.69 Å². The van der Waals surface area contributed by atoms with Gasteiger partial charge in [0.15, 0.2) is 0 Å². The van der Waals surface area contributed by atoms with Crippen LogP contribution in [-0.4, -0.2) is 23.2 Å². The van der Waals surface area contributed by atoms with Crippen molar-refractivity contribution >= 4 is 11.6 Å². The van der Waals surface area contributed by atoms with E-state index >= 15 is 0 Å². The van der Waals surface area contributed by atoms with E-state index in [-0.39, 0.29) is 12.5 Å². The first-order chi connectivity index (χ1) is 9.96. The molecule has 0 aliphatic heterocycles. The second kappa shape index (κ2) is 6.41. The van der Waals surface area contributed by atoms with Gasteiger partial charge in [-0.1, -0.05) is 30.3 Å². The van der Waals surface area contributed by atoms with Gasteiger partial charge in [0.2, 0.25) is 0 Å². The van der Waals surface area contributed by atoms with Gasteiger partial charge in [0.05, 0.1) is 11.2 Å². The minimum atomic E-state index is -0.955. The first-order valence-corrected chi connectivity index (χ1v) is 6.76. The van der Waals surface area contributed by atoms with Crippen molar-refractivity contribution < 1.29 is 14.6 Å². The molecule has 0 aliphatic carbocycles. The summed E-state index contributed by atoms with van der Waals surface area (Å²) in [5.41, 5.74) is 0.202. The molecule has 0 unspecified atom stereocenters. The summed E-state index contributed by atoms with van der Waals surface area (Å²) < 4.78 is 5.55. The number of para-hydroxylation sites is 2. The number of anilines is 1.